The lowest BCUT2D eigenvalue weighted by Gasteiger charge is -2.30. The van der Waals surface area contributed by atoms with Crippen LogP contribution in [0.25, 0.3) is 11.3 Å². The Morgan fingerprint density at radius 1 is 0.943 bits per heavy atom. The highest BCUT2D eigenvalue weighted by Gasteiger charge is 2.21. The minimum absolute atomic E-state index is 0.0190. The smallest absolute Gasteiger partial charge is 0.280 e. The lowest BCUT2D eigenvalue weighted by molar-refractivity contribution is -0.384. The number of hydrogen-bond acceptors (Lipinski definition) is 11. The van der Waals surface area contributed by atoms with Crippen molar-refractivity contribution < 1.29 is 14.1 Å². The van der Waals surface area contributed by atoms with Gasteiger partial charge in [-0.3, -0.25) is 10.1 Å². The van der Waals surface area contributed by atoms with Crippen molar-refractivity contribution in [3.63, 3.8) is 0 Å². The standard InChI is InChI=1S/C23H26N8O4/c32-31(33)19-7-3-2-6-18(19)20-9-8-17(35-20)16-24-28-21-25-22(29-10-4-1-5-11-29)27-23(26-21)30-12-14-34-15-13-30/h2-3,6-9,16H,1,4-5,10-15H2,(H,25,26,27,28)/b24-16-. The summed E-state index contributed by atoms with van der Waals surface area (Å²) in [6.45, 7) is 4.52. The number of furan rings is 1. The van der Waals surface area contributed by atoms with Gasteiger partial charge in [-0.25, -0.2) is 5.43 Å². The maximum atomic E-state index is 11.3. The van der Waals surface area contributed by atoms with E-state index < -0.39 is 4.92 Å². The molecule has 2 fully saturated rings. The first-order valence-corrected chi connectivity index (χ1v) is 11.6. The number of ether oxygens (including phenoxy) is 1. The third-order valence-electron chi connectivity index (χ3n) is 5.89. The molecule has 12 heteroatoms. The van der Waals surface area contributed by atoms with Crippen molar-refractivity contribution >= 4 is 29.7 Å². The lowest BCUT2D eigenvalue weighted by atomic mass is 10.1. The number of piperidine rings is 1. The maximum absolute atomic E-state index is 11.3. The van der Waals surface area contributed by atoms with E-state index in [2.05, 4.69) is 30.3 Å². The Kier molecular flexibility index (Phi) is 6.80. The number of nitrogens with zero attached hydrogens (tertiary/aromatic N) is 7. The van der Waals surface area contributed by atoms with Gasteiger partial charge < -0.3 is 19.0 Å². The van der Waals surface area contributed by atoms with Crippen LogP contribution in [-0.4, -0.2) is 65.5 Å². The highest BCUT2D eigenvalue weighted by atomic mass is 16.6. The van der Waals surface area contributed by atoms with E-state index in [4.69, 9.17) is 14.1 Å². The van der Waals surface area contributed by atoms with E-state index in [0.717, 1.165) is 25.9 Å². The van der Waals surface area contributed by atoms with Crippen molar-refractivity contribution in [2.45, 2.75) is 19.3 Å². The average Bonchev–Trinajstić information content (AvgIpc) is 3.38. The number of rotatable bonds is 7. The molecule has 35 heavy (non-hydrogen) atoms. The van der Waals surface area contributed by atoms with Crippen molar-refractivity contribution in [3.8, 4) is 11.3 Å². The molecule has 0 aliphatic carbocycles. The topological polar surface area (TPSA) is 135 Å². The van der Waals surface area contributed by atoms with Gasteiger partial charge in [-0.15, -0.1) is 0 Å². The number of nitro benzene ring substituents is 1. The van der Waals surface area contributed by atoms with Crippen molar-refractivity contribution in [2.75, 3.05) is 54.6 Å². The zero-order valence-electron chi connectivity index (χ0n) is 19.2. The van der Waals surface area contributed by atoms with Crippen molar-refractivity contribution in [3.05, 3.63) is 52.3 Å². The van der Waals surface area contributed by atoms with Crippen LogP contribution in [0, 0.1) is 10.1 Å². The van der Waals surface area contributed by atoms with Crippen LogP contribution in [0.4, 0.5) is 23.5 Å². The summed E-state index contributed by atoms with van der Waals surface area (Å²) in [5.41, 5.74) is 3.27. The Labute approximate surface area is 201 Å². The number of hydrogen-bond donors (Lipinski definition) is 1. The Bertz CT molecular complexity index is 1170. The second-order valence-electron chi connectivity index (χ2n) is 8.25. The first-order valence-electron chi connectivity index (χ1n) is 11.6. The van der Waals surface area contributed by atoms with Crippen LogP contribution >= 0.6 is 0 Å². The third-order valence-corrected chi connectivity index (χ3v) is 5.89. The van der Waals surface area contributed by atoms with Crippen molar-refractivity contribution in [1.82, 2.24) is 15.0 Å². The third kappa shape index (κ3) is 5.38. The Morgan fingerprint density at radius 2 is 1.66 bits per heavy atom. The quantitative estimate of drug-likeness (QED) is 0.306. The SMILES string of the molecule is O=[N+]([O-])c1ccccc1-c1ccc(/C=N\Nc2nc(N3CCCCC3)nc(N3CCOCC3)n2)o1. The van der Waals surface area contributed by atoms with Crippen LogP contribution in [0.5, 0.6) is 0 Å². The fourth-order valence-electron chi connectivity index (χ4n) is 4.11. The molecule has 0 unspecified atom stereocenters. The van der Waals surface area contributed by atoms with Gasteiger partial charge in [-0.1, -0.05) is 12.1 Å². The molecule has 2 saturated heterocycles. The highest BCUT2D eigenvalue weighted by molar-refractivity contribution is 5.79. The number of morpholine rings is 1. The lowest BCUT2D eigenvalue weighted by Crippen LogP contribution is -2.38. The van der Waals surface area contributed by atoms with Crippen molar-refractivity contribution in [1.29, 1.82) is 0 Å². The number of nitrogens with one attached hydrogen (secondary N) is 1. The van der Waals surface area contributed by atoms with Crippen molar-refractivity contribution in [2.24, 2.45) is 5.10 Å². The molecule has 12 nitrogen and oxygen atoms in total. The summed E-state index contributed by atoms with van der Waals surface area (Å²) in [5, 5.41) is 15.5. The fraction of sp³-hybridized carbons (Fsp3) is 0.391. The minimum atomic E-state index is -0.431. The van der Waals surface area contributed by atoms with Gasteiger partial charge in [0.25, 0.3) is 5.69 Å². The molecular weight excluding hydrogens is 452 g/mol. The summed E-state index contributed by atoms with van der Waals surface area (Å²) in [7, 11) is 0. The number of aromatic nitrogens is 3. The first-order chi connectivity index (χ1) is 17.2. The molecule has 2 aliphatic heterocycles. The first kappa shape index (κ1) is 22.7. The molecule has 4 heterocycles. The van der Waals surface area contributed by atoms with E-state index >= 15 is 0 Å². The van der Waals surface area contributed by atoms with E-state index in [1.165, 1.54) is 18.7 Å². The minimum Gasteiger partial charge on any atom is -0.455 e. The molecule has 182 valence electrons. The number of hydrazone groups is 1. The molecule has 0 atom stereocenters. The predicted octanol–water partition coefficient (Wildman–Crippen LogP) is 3.31. The van der Waals surface area contributed by atoms with Gasteiger partial charge in [0.2, 0.25) is 17.8 Å². The molecule has 2 aliphatic rings. The number of anilines is 3. The highest BCUT2D eigenvalue weighted by Crippen LogP contribution is 2.30. The maximum Gasteiger partial charge on any atom is 0.280 e. The van der Waals surface area contributed by atoms with Gasteiger partial charge in [0.05, 0.1) is 29.9 Å². The Balaban J connectivity index is 1.34. The second-order valence-corrected chi connectivity index (χ2v) is 8.25. The van der Waals surface area contributed by atoms with Crippen LogP contribution < -0.4 is 15.2 Å². The normalized spacial score (nSPS) is 16.6. The zero-order chi connectivity index (χ0) is 24.0. The van der Waals surface area contributed by atoms with Crippen LogP contribution in [-0.2, 0) is 4.74 Å². The van der Waals surface area contributed by atoms with E-state index in [1.807, 2.05) is 0 Å². The number of nitro groups is 1. The van der Waals surface area contributed by atoms with Gasteiger partial charge in [-0.2, -0.15) is 20.1 Å². The van der Waals surface area contributed by atoms with Crippen LogP contribution in [0.3, 0.4) is 0 Å². The molecule has 2 aromatic heterocycles. The molecule has 0 bridgehead atoms. The average molecular weight is 479 g/mol. The van der Waals surface area contributed by atoms with E-state index in [-0.39, 0.29) is 5.69 Å². The van der Waals surface area contributed by atoms with Crippen LogP contribution in [0.15, 0.2) is 45.9 Å². The molecule has 1 aromatic carbocycles. The molecule has 5 rings (SSSR count). The summed E-state index contributed by atoms with van der Waals surface area (Å²) < 4.78 is 11.2. The summed E-state index contributed by atoms with van der Waals surface area (Å²) in [6.07, 6.45) is 4.92. The number of benzene rings is 1. The van der Waals surface area contributed by atoms with Gasteiger partial charge in [-0.05, 0) is 37.5 Å². The molecule has 0 amide bonds. The van der Waals surface area contributed by atoms with E-state index in [1.54, 1.807) is 30.3 Å². The molecular formula is C23H26N8O4. The van der Waals surface area contributed by atoms with Gasteiger partial charge in [0, 0.05) is 32.2 Å². The molecule has 3 aromatic rings. The molecule has 0 radical (unpaired) electrons. The van der Waals surface area contributed by atoms with Crippen LogP contribution in [0.2, 0.25) is 0 Å². The largest absolute Gasteiger partial charge is 0.455 e. The molecule has 0 saturated carbocycles. The Hall–Kier alpha value is -4.06. The molecule has 1 N–H and O–H groups in total. The fourth-order valence-corrected chi connectivity index (χ4v) is 4.11. The summed E-state index contributed by atoms with van der Waals surface area (Å²) in [5.74, 6) is 2.39. The van der Waals surface area contributed by atoms with E-state index in [0.29, 0.717) is 61.2 Å². The Morgan fingerprint density at radius 3 is 2.40 bits per heavy atom. The van der Waals surface area contributed by atoms with Gasteiger partial charge in [0.15, 0.2) is 0 Å². The summed E-state index contributed by atoms with van der Waals surface area (Å²) in [6, 6.07) is 9.82. The summed E-state index contributed by atoms with van der Waals surface area (Å²) in [4.78, 5) is 29.0. The number of para-hydroxylation sites is 1. The predicted molar refractivity (Wildman–Crippen MR) is 131 cm³/mol. The van der Waals surface area contributed by atoms with Gasteiger partial charge in [0.1, 0.15) is 11.5 Å². The molecule has 0 spiro atoms. The second kappa shape index (κ2) is 10.5. The summed E-state index contributed by atoms with van der Waals surface area (Å²) >= 11 is 0. The van der Waals surface area contributed by atoms with Gasteiger partial charge >= 0.3 is 0 Å². The van der Waals surface area contributed by atoms with E-state index in [9.17, 15) is 10.1 Å². The zero-order valence-corrected chi connectivity index (χ0v) is 19.2. The monoisotopic (exact) mass is 478 g/mol. The van der Waals surface area contributed by atoms with Crippen LogP contribution in [0.1, 0.15) is 25.0 Å².